The topological polar surface area (TPSA) is 103 Å². The lowest BCUT2D eigenvalue weighted by Gasteiger charge is -2.16. The van der Waals surface area contributed by atoms with Crippen LogP contribution in [0.1, 0.15) is 18.0 Å². The molecule has 1 aromatic carbocycles. The highest BCUT2D eigenvalue weighted by Crippen LogP contribution is 2.31. The second-order valence-electron chi connectivity index (χ2n) is 5.64. The van der Waals surface area contributed by atoms with Crippen LogP contribution in [0.4, 0.5) is 0 Å². The van der Waals surface area contributed by atoms with Gasteiger partial charge in [0.15, 0.2) is 5.65 Å². The zero-order valence-corrected chi connectivity index (χ0v) is 13.2. The molecule has 0 fully saturated rings. The molecule has 7 heteroatoms. The van der Waals surface area contributed by atoms with Crippen LogP contribution in [0, 0.1) is 11.3 Å². The van der Waals surface area contributed by atoms with Gasteiger partial charge in [0.05, 0.1) is 30.9 Å². The molecule has 0 aliphatic rings. The molecule has 0 saturated heterocycles. The zero-order valence-electron chi connectivity index (χ0n) is 13.2. The minimum atomic E-state index is -0.364. The van der Waals surface area contributed by atoms with Gasteiger partial charge in [-0.3, -0.25) is 4.68 Å². The highest BCUT2D eigenvalue weighted by molar-refractivity contribution is 5.91. The fourth-order valence-electron chi connectivity index (χ4n) is 2.95. The van der Waals surface area contributed by atoms with Crippen LogP contribution in [0.2, 0.25) is 0 Å². The lowest BCUT2D eigenvalue weighted by Crippen LogP contribution is -2.10. The van der Waals surface area contributed by atoms with E-state index in [1.54, 1.807) is 35.3 Å². The van der Waals surface area contributed by atoms with Gasteiger partial charge in [-0.05, 0) is 12.1 Å². The fraction of sp³-hybridized carbons (Fsp3) is 0.111. The number of aromatic amines is 1. The number of H-pyrrole nitrogens is 1. The van der Waals surface area contributed by atoms with Crippen LogP contribution in [-0.4, -0.2) is 30.1 Å². The van der Waals surface area contributed by atoms with Gasteiger partial charge in [-0.25, -0.2) is 0 Å². The van der Waals surface area contributed by atoms with E-state index in [1.165, 1.54) is 0 Å². The van der Waals surface area contributed by atoms with Crippen molar-refractivity contribution in [1.29, 1.82) is 5.26 Å². The normalized spacial score (nSPS) is 12.1. The Morgan fingerprint density at radius 3 is 2.96 bits per heavy atom. The summed E-state index contributed by atoms with van der Waals surface area (Å²) in [5.74, 6) is 0.151. The molecular formula is C18H14N6O. The summed E-state index contributed by atoms with van der Waals surface area (Å²) >= 11 is 0. The molecule has 0 spiro atoms. The van der Waals surface area contributed by atoms with Crippen LogP contribution < -0.4 is 0 Å². The third-order valence-corrected chi connectivity index (χ3v) is 4.17. The lowest BCUT2D eigenvalue weighted by atomic mass is 10.0. The van der Waals surface area contributed by atoms with Crippen molar-refractivity contribution in [1.82, 2.24) is 25.0 Å². The van der Waals surface area contributed by atoms with Gasteiger partial charge >= 0.3 is 0 Å². The van der Waals surface area contributed by atoms with E-state index in [0.29, 0.717) is 11.2 Å². The molecule has 0 amide bonds. The van der Waals surface area contributed by atoms with E-state index >= 15 is 0 Å². The Morgan fingerprint density at radius 1 is 1.24 bits per heavy atom. The number of phenolic OH excluding ortho intramolecular Hbond substituents is 1. The molecule has 3 heterocycles. The molecular weight excluding hydrogens is 316 g/mol. The molecule has 2 N–H and O–H groups in total. The van der Waals surface area contributed by atoms with Gasteiger partial charge in [-0.2, -0.15) is 15.5 Å². The molecule has 0 saturated carbocycles. The maximum Gasteiger partial charge on any atom is 0.160 e. The van der Waals surface area contributed by atoms with Gasteiger partial charge in [-0.15, -0.1) is 5.10 Å². The zero-order chi connectivity index (χ0) is 17.2. The first-order valence-corrected chi connectivity index (χ1v) is 7.76. The van der Waals surface area contributed by atoms with Crippen LogP contribution in [0.25, 0.3) is 22.2 Å². The van der Waals surface area contributed by atoms with E-state index in [1.807, 2.05) is 24.5 Å². The Kier molecular flexibility index (Phi) is 3.63. The summed E-state index contributed by atoms with van der Waals surface area (Å²) in [6.45, 7) is 0. The van der Waals surface area contributed by atoms with Crippen LogP contribution in [0.15, 0.2) is 55.1 Å². The highest BCUT2D eigenvalue weighted by Gasteiger charge is 2.19. The summed E-state index contributed by atoms with van der Waals surface area (Å²) < 4.78 is 1.70. The number of fused-ring (bicyclic) bond motifs is 1. The minimum absolute atomic E-state index is 0.151. The summed E-state index contributed by atoms with van der Waals surface area (Å²) in [7, 11) is 0. The number of benzene rings is 1. The Bertz CT molecular complexity index is 1070. The Balaban J connectivity index is 1.78. The molecule has 0 aliphatic heterocycles. The molecule has 4 aromatic rings. The number of nitrogens with zero attached hydrogens (tertiary/aromatic N) is 5. The monoisotopic (exact) mass is 330 g/mol. The second-order valence-corrected chi connectivity index (χ2v) is 5.64. The number of aromatic hydroxyl groups is 1. The Labute approximate surface area is 143 Å². The highest BCUT2D eigenvalue weighted by atomic mass is 16.3. The third-order valence-electron chi connectivity index (χ3n) is 4.17. The van der Waals surface area contributed by atoms with Crippen LogP contribution in [0.5, 0.6) is 5.75 Å². The molecule has 122 valence electrons. The number of phenols is 1. The van der Waals surface area contributed by atoms with Crippen molar-refractivity contribution >= 4 is 11.0 Å². The number of hydrogen-bond donors (Lipinski definition) is 2. The molecule has 7 nitrogen and oxygen atoms in total. The number of hydrogen-bond acceptors (Lipinski definition) is 5. The molecule has 0 radical (unpaired) electrons. The van der Waals surface area contributed by atoms with E-state index < -0.39 is 0 Å². The standard InChI is InChI=1S/C18H14N6O/c19-7-5-16(14-3-1-2-4-17(14)25)24-11-12(9-22-24)15-10-21-23-18-13(15)6-8-20-18/h1-4,6,8-11,16,25H,5H2,(H,20,23). The van der Waals surface area contributed by atoms with Gasteiger partial charge in [0, 0.05) is 34.5 Å². The minimum Gasteiger partial charge on any atom is -0.508 e. The predicted molar refractivity (Wildman–Crippen MR) is 91.6 cm³/mol. The first-order valence-electron chi connectivity index (χ1n) is 7.76. The SMILES string of the molecule is N#CCC(c1ccccc1O)n1cc(-c2cnnc3[nH]ccc23)cn1. The summed E-state index contributed by atoms with van der Waals surface area (Å²) in [6, 6.07) is 10.7. The van der Waals surface area contributed by atoms with Gasteiger partial charge in [0.2, 0.25) is 0 Å². The van der Waals surface area contributed by atoms with Crippen molar-refractivity contribution in [3.8, 4) is 22.9 Å². The number of para-hydroxylation sites is 1. The van der Waals surface area contributed by atoms with Crippen molar-refractivity contribution in [2.75, 3.05) is 0 Å². The smallest absolute Gasteiger partial charge is 0.160 e. The summed E-state index contributed by atoms with van der Waals surface area (Å²) in [6.07, 6.45) is 7.29. The summed E-state index contributed by atoms with van der Waals surface area (Å²) in [5.41, 5.74) is 3.15. The van der Waals surface area contributed by atoms with E-state index in [4.69, 9.17) is 0 Å². The molecule has 4 rings (SSSR count). The van der Waals surface area contributed by atoms with Gasteiger partial charge in [-0.1, -0.05) is 18.2 Å². The van der Waals surface area contributed by atoms with Crippen molar-refractivity contribution in [3.05, 3.63) is 60.7 Å². The number of aromatic nitrogens is 5. The molecule has 25 heavy (non-hydrogen) atoms. The third kappa shape index (κ3) is 2.60. The molecule has 0 aliphatic carbocycles. The van der Waals surface area contributed by atoms with Crippen molar-refractivity contribution in [3.63, 3.8) is 0 Å². The van der Waals surface area contributed by atoms with Gasteiger partial charge in [0.1, 0.15) is 5.75 Å². The number of nitrogens with one attached hydrogen (secondary N) is 1. The first-order chi connectivity index (χ1) is 12.3. The van der Waals surface area contributed by atoms with Crippen molar-refractivity contribution in [2.45, 2.75) is 12.5 Å². The maximum atomic E-state index is 10.1. The van der Waals surface area contributed by atoms with E-state index in [-0.39, 0.29) is 18.2 Å². The van der Waals surface area contributed by atoms with E-state index in [9.17, 15) is 10.4 Å². The first kappa shape index (κ1) is 14.9. The average molecular weight is 330 g/mol. The van der Waals surface area contributed by atoms with Gasteiger partial charge in [0.25, 0.3) is 0 Å². The maximum absolute atomic E-state index is 10.1. The second kappa shape index (κ2) is 6.09. The molecule has 0 bridgehead atoms. The Hall–Kier alpha value is -3.66. The number of nitriles is 1. The predicted octanol–water partition coefficient (Wildman–Crippen LogP) is 3.03. The molecule has 1 unspecified atom stereocenters. The van der Waals surface area contributed by atoms with Gasteiger partial charge < -0.3 is 10.1 Å². The Morgan fingerprint density at radius 2 is 2.12 bits per heavy atom. The fourth-order valence-corrected chi connectivity index (χ4v) is 2.95. The van der Waals surface area contributed by atoms with E-state index in [0.717, 1.165) is 16.5 Å². The summed E-state index contributed by atoms with van der Waals surface area (Å²) in [5, 5.41) is 32.8. The largest absolute Gasteiger partial charge is 0.508 e. The quantitative estimate of drug-likeness (QED) is 0.598. The van der Waals surface area contributed by atoms with Crippen molar-refractivity contribution in [2.24, 2.45) is 0 Å². The molecule has 3 aromatic heterocycles. The van der Waals surface area contributed by atoms with Crippen LogP contribution >= 0.6 is 0 Å². The molecule has 1 atom stereocenters. The van der Waals surface area contributed by atoms with Crippen molar-refractivity contribution < 1.29 is 5.11 Å². The van der Waals surface area contributed by atoms with Crippen LogP contribution in [-0.2, 0) is 0 Å². The number of rotatable bonds is 4. The lowest BCUT2D eigenvalue weighted by molar-refractivity contribution is 0.444. The van der Waals surface area contributed by atoms with Crippen LogP contribution in [0.3, 0.4) is 0 Å². The summed E-state index contributed by atoms with van der Waals surface area (Å²) in [4.78, 5) is 3.04. The van der Waals surface area contributed by atoms with E-state index in [2.05, 4.69) is 26.3 Å². The average Bonchev–Trinajstić information content (AvgIpc) is 3.29.